The first-order valence-electron chi connectivity index (χ1n) is 12.1. The van der Waals surface area contributed by atoms with Gasteiger partial charge < -0.3 is 14.2 Å². The molecule has 2 aromatic rings. The van der Waals surface area contributed by atoms with Crippen molar-refractivity contribution in [2.24, 2.45) is 5.10 Å². The lowest BCUT2D eigenvalue weighted by Gasteiger charge is -2.34. The summed E-state index contributed by atoms with van der Waals surface area (Å²) in [5.41, 5.74) is 2.63. The highest BCUT2D eigenvalue weighted by Crippen LogP contribution is 2.39. The SMILES string of the molecule is CCOC(=O)[C@H]1CCCCN1CC(=O)N1N=C(c2ccccc2)C[C@H]1c1cc(OC)ccc1OC. The van der Waals surface area contributed by atoms with Gasteiger partial charge in [-0.3, -0.25) is 14.5 Å². The van der Waals surface area contributed by atoms with Gasteiger partial charge in [0.2, 0.25) is 0 Å². The van der Waals surface area contributed by atoms with Crippen molar-refractivity contribution in [3.05, 3.63) is 59.7 Å². The minimum atomic E-state index is -0.405. The molecule has 2 aliphatic heterocycles. The second-order valence-electron chi connectivity index (χ2n) is 8.71. The quantitative estimate of drug-likeness (QED) is 0.536. The largest absolute Gasteiger partial charge is 0.497 e. The number of piperidine rings is 1. The minimum absolute atomic E-state index is 0.0951. The number of amides is 1. The standard InChI is InChI=1S/C27H33N3O5/c1-4-35-27(32)23-12-8-9-15-29(23)18-26(31)30-24(17-22(28-30)19-10-6-5-7-11-19)21-16-20(33-2)13-14-25(21)34-3/h5-7,10-11,13-14,16,23-24H,4,8-9,12,15,17-18H2,1-3H3/t23-,24+/m1/s1. The first-order valence-corrected chi connectivity index (χ1v) is 12.1. The molecule has 186 valence electrons. The number of hydrazone groups is 1. The molecule has 1 saturated heterocycles. The highest BCUT2D eigenvalue weighted by atomic mass is 16.5. The predicted molar refractivity (Wildman–Crippen MR) is 133 cm³/mol. The average molecular weight is 480 g/mol. The van der Waals surface area contributed by atoms with E-state index in [-0.39, 0.29) is 24.5 Å². The third-order valence-corrected chi connectivity index (χ3v) is 6.58. The molecule has 8 heteroatoms. The average Bonchev–Trinajstić information content (AvgIpc) is 3.35. The van der Waals surface area contributed by atoms with Gasteiger partial charge in [0.05, 0.1) is 39.1 Å². The Morgan fingerprint density at radius 1 is 1.06 bits per heavy atom. The lowest BCUT2D eigenvalue weighted by molar-refractivity contribution is -0.152. The summed E-state index contributed by atoms with van der Waals surface area (Å²) in [4.78, 5) is 28.2. The fraction of sp³-hybridized carbons (Fsp3) is 0.444. The molecule has 1 fully saturated rings. The maximum absolute atomic E-state index is 13.7. The monoisotopic (exact) mass is 479 g/mol. The van der Waals surface area contributed by atoms with E-state index in [1.165, 1.54) is 0 Å². The molecule has 0 spiro atoms. The fourth-order valence-corrected chi connectivity index (χ4v) is 4.82. The van der Waals surface area contributed by atoms with Crippen molar-refractivity contribution in [1.29, 1.82) is 0 Å². The first kappa shape index (κ1) is 24.7. The Hall–Kier alpha value is -3.39. The molecule has 1 amide bonds. The second-order valence-corrected chi connectivity index (χ2v) is 8.71. The lowest BCUT2D eigenvalue weighted by Crippen LogP contribution is -2.49. The normalized spacial score (nSPS) is 20.3. The maximum Gasteiger partial charge on any atom is 0.323 e. The Morgan fingerprint density at radius 3 is 2.57 bits per heavy atom. The van der Waals surface area contributed by atoms with E-state index in [4.69, 9.17) is 19.3 Å². The van der Waals surface area contributed by atoms with Gasteiger partial charge in [-0.1, -0.05) is 36.8 Å². The number of carbonyl (C=O) groups is 2. The molecule has 2 aromatic carbocycles. The Balaban J connectivity index is 1.65. The third-order valence-electron chi connectivity index (χ3n) is 6.58. The molecule has 2 heterocycles. The van der Waals surface area contributed by atoms with Gasteiger partial charge in [-0.25, -0.2) is 5.01 Å². The van der Waals surface area contributed by atoms with Gasteiger partial charge in [0.25, 0.3) is 5.91 Å². The number of methoxy groups -OCH3 is 2. The van der Waals surface area contributed by atoms with Crippen molar-refractivity contribution < 1.29 is 23.8 Å². The van der Waals surface area contributed by atoms with E-state index in [9.17, 15) is 9.59 Å². The summed E-state index contributed by atoms with van der Waals surface area (Å²) >= 11 is 0. The highest BCUT2D eigenvalue weighted by molar-refractivity contribution is 6.03. The van der Waals surface area contributed by atoms with Gasteiger partial charge in [-0.2, -0.15) is 5.10 Å². The molecule has 8 nitrogen and oxygen atoms in total. The van der Waals surface area contributed by atoms with E-state index in [1.54, 1.807) is 26.2 Å². The van der Waals surface area contributed by atoms with Gasteiger partial charge in [-0.15, -0.1) is 0 Å². The molecule has 0 aliphatic carbocycles. The van der Waals surface area contributed by atoms with Gasteiger partial charge >= 0.3 is 5.97 Å². The molecule has 2 atom stereocenters. The number of hydrogen-bond acceptors (Lipinski definition) is 7. The Kier molecular flexibility index (Phi) is 8.02. The zero-order valence-corrected chi connectivity index (χ0v) is 20.6. The van der Waals surface area contributed by atoms with Crippen LogP contribution in [0.25, 0.3) is 0 Å². The van der Waals surface area contributed by atoms with Crippen LogP contribution in [-0.2, 0) is 14.3 Å². The number of benzene rings is 2. The van der Waals surface area contributed by atoms with Crippen LogP contribution < -0.4 is 9.47 Å². The van der Waals surface area contributed by atoms with Gasteiger partial charge in [0.1, 0.15) is 17.5 Å². The summed E-state index contributed by atoms with van der Waals surface area (Å²) in [5.74, 6) is 0.920. The molecule has 0 bridgehead atoms. The molecule has 35 heavy (non-hydrogen) atoms. The topological polar surface area (TPSA) is 80.7 Å². The van der Waals surface area contributed by atoms with E-state index in [1.807, 2.05) is 53.4 Å². The van der Waals surface area contributed by atoms with Crippen molar-refractivity contribution >= 4 is 17.6 Å². The number of likely N-dealkylation sites (tertiary alicyclic amines) is 1. The zero-order chi connectivity index (χ0) is 24.8. The van der Waals surface area contributed by atoms with Crippen LogP contribution in [0.2, 0.25) is 0 Å². The zero-order valence-electron chi connectivity index (χ0n) is 20.6. The number of esters is 1. The van der Waals surface area contributed by atoms with Crippen molar-refractivity contribution in [1.82, 2.24) is 9.91 Å². The van der Waals surface area contributed by atoms with Crippen LogP contribution in [0.3, 0.4) is 0 Å². The minimum Gasteiger partial charge on any atom is -0.497 e. The Bertz CT molecular complexity index is 1070. The Labute approximate surface area is 206 Å². The van der Waals surface area contributed by atoms with Crippen molar-refractivity contribution in [3.8, 4) is 11.5 Å². The van der Waals surface area contributed by atoms with Gasteiger partial charge in [-0.05, 0) is 50.1 Å². The number of rotatable bonds is 8. The Morgan fingerprint density at radius 2 is 1.86 bits per heavy atom. The van der Waals surface area contributed by atoms with E-state index < -0.39 is 6.04 Å². The third kappa shape index (κ3) is 5.48. The van der Waals surface area contributed by atoms with Crippen molar-refractivity contribution in [3.63, 3.8) is 0 Å². The molecule has 0 N–H and O–H groups in total. The molecule has 4 rings (SSSR count). The molecular weight excluding hydrogens is 446 g/mol. The number of nitrogens with zero attached hydrogens (tertiary/aromatic N) is 3. The number of hydrogen-bond donors (Lipinski definition) is 0. The van der Waals surface area contributed by atoms with E-state index in [0.717, 1.165) is 29.7 Å². The van der Waals surface area contributed by atoms with E-state index in [0.29, 0.717) is 37.5 Å². The van der Waals surface area contributed by atoms with Crippen molar-refractivity contribution in [2.75, 3.05) is 33.9 Å². The van der Waals surface area contributed by atoms with Crippen LogP contribution in [0.15, 0.2) is 53.6 Å². The maximum atomic E-state index is 13.7. The summed E-state index contributed by atoms with van der Waals surface area (Å²) in [6.07, 6.45) is 3.12. The number of carbonyl (C=O) groups excluding carboxylic acids is 2. The predicted octanol–water partition coefficient (Wildman–Crippen LogP) is 3.80. The summed E-state index contributed by atoms with van der Waals surface area (Å²) in [6, 6.07) is 14.7. The van der Waals surface area contributed by atoms with Crippen LogP contribution in [0.1, 0.15) is 49.8 Å². The summed E-state index contributed by atoms with van der Waals surface area (Å²) in [7, 11) is 3.23. The van der Waals surface area contributed by atoms with Crippen LogP contribution in [0.5, 0.6) is 11.5 Å². The van der Waals surface area contributed by atoms with Gasteiger partial charge in [0.15, 0.2) is 0 Å². The van der Waals surface area contributed by atoms with Gasteiger partial charge in [0, 0.05) is 12.0 Å². The molecule has 0 unspecified atom stereocenters. The van der Waals surface area contributed by atoms with E-state index in [2.05, 4.69) is 0 Å². The summed E-state index contributed by atoms with van der Waals surface area (Å²) in [6.45, 7) is 2.89. The molecular formula is C27H33N3O5. The lowest BCUT2D eigenvalue weighted by atomic mass is 9.97. The molecule has 0 saturated carbocycles. The number of ether oxygens (including phenoxy) is 3. The van der Waals surface area contributed by atoms with Crippen LogP contribution in [0.4, 0.5) is 0 Å². The summed E-state index contributed by atoms with van der Waals surface area (Å²) in [5, 5.41) is 6.33. The molecule has 0 radical (unpaired) electrons. The smallest absolute Gasteiger partial charge is 0.323 e. The van der Waals surface area contributed by atoms with Crippen LogP contribution >= 0.6 is 0 Å². The first-order chi connectivity index (χ1) is 17.0. The molecule has 2 aliphatic rings. The second kappa shape index (κ2) is 11.4. The molecule has 0 aromatic heterocycles. The van der Waals surface area contributed by atoms with Crippen LogP contribution in [-0.4, -0.2) is 67.5 Å². The van der Waals surface area contributed by atoms with E-state index >= 15 is 0 Å². The van der Waals surface area contributed by atoms with Crippen LogP contribution in [0, 0.1) is 0 Å². The fourth-order valence-electron chi connectivity index (χ4n) is 4.82. The van der Waals surface area contributed by atoms with Crippen molar-refractivity contribution in [2.45, 2.75) is 44.7 Å². The highest BCUT2D eigenvalue weighted by Gasteiger charge is 2.38. The summed E-state index contributed by atoms with van der Waals surface area (Å²) < 4.78 is 16.4.